The standard InChI is InChI=1S/C21H23NO3.ClH/c1-3-24-21(23)20-18(17-11-7-8-12-19(17)25-20)15-22(2)14-13-16-9-5-4-6-10-16;/h4-12H,3,13-15H2,1-2H3;1H. The van der Waals surface area contributed by atoms with Gasteiger partial charge in [-0.3, -0.25) is 0 Å². The lowest BCUT2D eigenvalue weighted by molar-refractivity contribution is 0.0489. The number of furan rings is 1. The molecule has 1 heterocycles. The molecule has 0 fully saturated rings. The van der Waals surface area contributed by atoms with E-state index in [1.165, 1.54) is 5.56 Å². The highest BCUT2D eigenvalue weighted by Crippen LogP contribution is 2.27. The van der Waals surface area contributed by atoms with Crippen molar-refractivity contribution in [3.63, 3.8) is 0 Å². The van der Waals surface area contributed by atoms with Crippen LogP contribution in [0.3, 0.4) is 0 Å². The Hall–Kier alpha value is -2.30. The van der Waals surface area contributed by atoms with Crippen LogP contribution in [-0.4, -0.2) is 31.1 Å². The molecule has 3 rings (SSSR count). The molecular formula is C21H24ClNO3. The van der Waals surface area contributed by atoms with Gasteiger partial charge in [-0.15, -0.1) is 12.4 Å². The summed E-state index contributed by atoms with van der Waals surface area (Å²) in [5, 5.41) is 0.970. The van der Waals surface area contributed by atoms with Gasteiger partial charge in [0.25, 0.3) is 0 Å². The van der Waals surface area contributed by atoms with Gasteiger partial charge in [0.2, 0.25) is 5.76 Å². The summed E-state index contributed by atoms with van der Waals surface area (Å²) in [7, 11) is 2.06. The second-order valence-corrected chi connectivity index (χ2v) is 6.10. The van der Waals surface area contributed by atoms with Crippen molar-refractivity contribution in [1.29, 1.82) is 0 Å². The SMILES string of the molecule is CCOC(=O)c1oc2ccccc2c1CN(C)CCc1ccccc1.Cl. The average molecular weight is 374 g/mol. The summed E-state index contributed by atoms with van der Waals surface area (Å²) in [4.78, 5) is 14.5. The molecule has 0 aliphatic carbocycles. The molecule has 0 N–H and O–H groups in total. The lowest BCUT2D eigenvalue weighted by Crippen LogP contribution is -2.22. The number of ether oxygens (including phenoxy) is 1. The quantitative estimate of drug-likeness (QED) is 0.563. The predicted molar refractivity (Wildman–Crippen MR) is 106 cm³/mol. The van der Waals surface area contributed by atoms with E-state index in [1.54, 1.807) is 6.92 Å². The third-order valence-corrected chi connectivity index (χ3v) is 4.21. The topological polar surface area (TPSA) is 42.7 Å². The molecule has 0 aliphatic heterocycles. The number of halogens is 1. The molecule has 0 saturated heterocycles. The second kappa shape index (κ2) is 9.41. The molecular weight excluding hydrogens is 350 g/mol. The summed E-state index contributed by atoms with van der Waals surface area (Å²) in [6.45, 7) is 3.66. The molecule has 4 nitrogen and oxygen atoms in total. The van der Waals surface area contributed by atoms with Crippen molar-refractivity contribution in [2.24, 2.45) is 0 Å². The number of para-hydroxylation sites is 1. The van der Waals surface area contributed by atoms with E-state index in [4.69, 9.17) is 9.15 Å². The molecule has 0 radical (unpaired) electrons. The van der Waals surface area contributed by atoms with Crippen LogP contribution in [0.1, 0.15) is 28.6 Å². The maximum atomic E-state index is 12.3. The molecule has 5 heteroatoms. The van der Waals surface area contributed by atoms with Crippen LogP contribution in [0.4, 0.5) is 0 Å². The van der Waals surface area contributed by atoms with Crippen molar-refractivity contribution in [2.75, 3.05) is 20.2 Å². The molecule has 0 spiro atoms. The van der Waals surface area contributed by atoms with E-state index in [-0.39, 0.29) is 12.4 Å². The Morgan fingerprint density at radius 3 is 2.50 bits per heavy atom. The zero-order valence-electron chi connectivity index (χ0n) is 15.1. The first-order valence-electron chi connectivity index (χ1n) is 8.59. The van der Waals surface area contributed by atoms with Crippen LogP contribution in [0.2, 0.25) is 0 Å². The minimum Gasteiger partial charge on any atom is -0.460 e. The van der Waals surface area contributed by atoms with E-state index in [0.717, 1.165) is 29.5 Å². The van der Waals surface area contributed by atoms with E-state index in [2.05, 4.69) is 36.2 Å². The molecule has 0 atom stereocenters. The first kappa shape index (κ1) is 20.0. The molecule has 0 saturated carbocycles. The number of rotatable bonds is 7. The largest absolute Gasteiger partial charge is 0.460 e. The Morgan fingerprint density at radius 2 is 1.77 bits per heavy atom. The monoisotopic (exact) mass is 373 g/mol. The molecule has 0 amide bonds. The summed E-state index contributed by atoms with van der Waals surface area (Å²) in [5.74, 6) is -0.0835. The highest BCUT2D eigenvalue weighted by Gasteiger charge is 2.22. The van der Waals surface area contributed by atoms with Crippen LogP contribution in [0.15, 0.2) is 59.0 Å². The molecule has 138 valence electrons. The van der Waals surface area contributed by atoms with Gasteiger partial charge in [0, 0.05) is 24.0 Å². The predicted octanol–water partition coefficient (Wildman–Crippen LogP) is 4.71. The molecule has 0 unspecified atom stereocenters. The molecule has 1 aromatic heterocycles. The summed E-state index contributed by atoms with van der Waals surface area (Å²) in [5.41, 5.74) is 2.92. The van der Waals surface area contributed by atoms with Crippen LogP contribution >= 0.6 is 12.4 Å². The van der Waals surface area contributed by atoms with Gasteiger partial charge in [-0.05, 0) is 32.0 Å². The number of hydrogen-bond donors (Lipinski definition) is 0. The molecule has 26 heavy (non-hydrogen) atoms. The van der Waals surface area contributed by atoms with Gasteiger partial charge in [-0.1, -0.05) is 48.5 Å². The highest BCUT2D eigenvalue weighted by atomic mass is 35.5. The van der Waals surface area contributed by atoms with E-state index >= 15 is 0 Å². The fraction of sp³-hybridized carbons (Fsp3) is 0.286. The second-order valence-electron chi connectivity index (χ2n) is 6.10. The third-order valence-electron chi connectivity index (χ3n) is 4.21. The number of fused-ring (bicyclic) bond motifs is 1. The number of esters is 1. The minimum atomic E-state index is -0.398. The summed E-state index contributed by atoms with van der Waals surface area (Å²) >= 11 is 0. The van der Waals surface area contributed by atoms with E-state index in [0.29, 0.717) is 18.9 Å². The molecule has 0 bridgehead atoms. The smallest absolute Gasteiger partial charge is 0.374 e. The number of benzene rings is 2. The van der Waals surface area contributed by atoms with Crippen LogP contribution in [0.5, 0.6) is 0 Å². The first-order chi connectivity index (χ1) is 12.2. The van der Waals surface area contributed by atoms with Gasteiger partial charge < -0.3 is 14.1 Å². The summed E-state index contributed by atoms with van der Waals surface area (Å²) < 4.78 is 10.9. The fourth-order valence-electron chi connectivity index (χ4n) is 2.93. The first-order valence-corrected chi connectivity index (χ1v) is 8.59. The Morgan fingerprint density at radius 1 is 1.08 bits per heavy atom. The zero-order valence-corrected chi connectivity index (χ0v) is 15.9. The maximum Gasteiger partial charge on any atom is 0.374 e. The maximum absolute atomic E-state index is 12.3. The van der Waals surface area contributed by atoms with Gasteiger partial charge in [0.1, 0.15) is 5.58 Å². The normalized spacial score (nSPS) is 10.7. The van der Waals surface area contributed by atoms with E-state index in [1.807, 2.05) is 30.3 Å². The highest BCUT2D eigenvalue weighted by molar-refractivity contribution is 5.96. The van der Waals surface area contributed by atoms with Gasteiger partial charge in [0.05, 0.1) is 6.61 Å². The molecule has 3 aromatic rings. The van der Waals surface area contributed by atoms with Gasteiger partial charge in [-0.2, -0.15) is 0 Å². The van der Waals surface area contributed by atoms with Crippen LogP contribution in [0.25, 0.3) is 11.0 Å². The molecule has 0 aliphatic rings. The van der Waals surface area contributed by atoms with Crippen LogP contribution in [-0.2, 0) is 17.7 Å². The van der Waals surface area contributed by atoms with Gasteiger partial charge in [-0.25, -0.2) is 4.79 Å². The lowest BCUT2D eigenvalue weighted by atomic mass is 10.1. The number of likely N-dealkylation sites (N-methyl/N-ethyl adjacent to an activating group) is 1. The van der Waals surface area contributed by atoms with Crippen molar-refractivity contribution >= 4 is 29.3 Å². The number of carbonyl (C=O) groups is 1. The zero-order chi connectivity index (χ0) is 17.6. The average Bonchev–Trinajstić information content (AvgIpc) is 3.00. The summed E-state index contributed by atoms with van der Waals surface area (Å²) in [6, 6.07) is 18.1. The molecule has 2 aromatic carbocycles. The van der Waals surface area contributed by atoms with Gasteiger partial charge >= 0.3 is 5.97 Å². The Balaban J connectivity index is 0.00000243. The number of carbonyl (C=O) groups excluding carboxylic acids is 1. The van der Waals surface area contributed by atoms with Crippen molar-refractivity contribution in [1.82, 2.24) is 4.90 Å². The van der Waals surface area contributed by atoms with Crippen LogP contribution in [0, 0.1) is 0 Å². The number of hydrogen-bond acceptors (Lipinski definition) is 4. The Kier molecular flexibility index (Phi) is 7.25. The Labute approximate surface area is 160 Å². The third kappa shape index (κ3) is 4.65. The van der Waals surface area contributed by atoms with Crippen molar-refractivity contribution in [2.45, 2.75) is 19.9 Å². The van der Waals surface area contributed by atoms with E-state index in [9.17, 15) is 4.79 Å². The lowest BCUT2D eigenvalue weighted by Gasteiger charge is -2.16. The van der Waals surface area contributed by atoms with Crippen molar-refractivity contribution < 1.29 is 13.9 Å². The number of nitrogens with zero attached hydrogens (tertiary/aromatic N) is 1. The van der Waals surface area contributed by atoms with Crippen LogP contribution < -0.4 is 0 Å². The summed E-state index contributed by atoms with van der Waals surface area (Å²) in [6.07, 6.45) is 0.960. The minimum absolute atomic E-state index is 0. The van der Waals surface area contributed by atoms with Crippen molar-refractivity contribution in [3.8, 4) is 0 Å². The van der Waals surface area contributed by atoms with Crippen molar-refractivity contribution in [3.05, 3.63) is 71.5 Å². The van der Waals surface area contributed by atoms with E-state index < -0.39 is 5.97 Å². The van der Waals surface area contributed by atoms with Gasteiger partial charge in [0.15, 0.2) is 0 Å². The Bertz CT molecular complexity index is 845. The fourth-order valence-corrected chi connectivity index (χ4v) is 2.93.